The van der Waals surface area contributed by atoms with Gasteiger partial charge in [0.2, 0.25) is 0 Å². The molecule has 27 heavy (non-hydrogen) atoms. The van der Waals surface area contributed by atoms with Gasteiger partial charge >= 0.3 is 0 Å². The average molecular weight is 392 g/mol. The van der Waals surface area contributed by atoms with Gasteiger partial charge < -0.3 is 14.6 Å². The highest BCUT2D eigenvalue weighted by Crippen LogP contribution is 2.42. The van der Waals surface area contributed by atoms with Crippen LogP contribution in [0.15, 0.2) is 43.0 Å². The quantitative estimate of drug-likeness (QED) is 0.781. The summed E-state index contributed by atoms with van der Waals surface area (Å²) in [7, 11) is 0. The van der Waals surface area contributed by atoms with Crippen LogP contribution in [0.5, 0.6) is 0 Å². The fourth-order valence-corrected chi connectivity index (χ4v) is 3.21. The minimum atomic E-state index is -1.28. The maximum atomic E-state index is 11.7. The number of halogens is 1. The van der Waals surface area contributed by atoms with Gasteiger partial charge in [-0.3, -0.25) is 0 Å². The van der Waals surface area contributed by atoms with E-state index in [1.807, 2.05) is 44.2 Å². The van der Waals surface area contributed by atoms with Gasteiger partial charge in [0.25, 0.3) is 0 Å². The molecule has 1 N–H and O–H groups in total. The predicted octanol–water partition coefficient (Wildman–Crippen LogP) is 3.55. The van der Waals surface area contributed by atoms with Crippen molar-refractivity contribution in [2.75, 3.05) is 6.61 Å². The highest BCUT2D eigenvalue weighted by atomic mass is 35.5. The summed E-state index contributed by atoms with van der Waals surface area (Å²) in [6.45, 7) is 6.71. The molecule has 0 aliphatic carbocycles. The smallest absolute Gasteiger partial charge is 0.166 e. The third-order valence-corrected chi connectivity index (χ3v) is 5.45. The van der Waals surface area contributed by atoms with Crippen LogP contribution in [0.2, 0.25) is 5.02 Å². The van der Waals surface area contributed by atoms with Crippen LogP contribution in [0, 0.1) is 5.41 Å². The Morgan fingerprint density at radius 2 is 2.07 bits per heavy atom. The van der Waals surface area contributed by atoms with E-state index in [9.17, 15) is 5.11 Å². The van der Waals surface area contributed by atoms with Crippen molar-refractivity contribution in [3.05, 3.63) is 53.6 Å². The van der Waals surface area contributed by atoms with Crippen LogP contribution in [-0.4, -0.2) is 44.5 Å². The molecule has 0 spiro atoms. The number of ether oxygens (including phenoxy) is 2. The molecule has 146 valence electrons. The zero-order valence-corrected chi connectivity index (χ0v) is 16.6. The number of aromatic nitrogens is 3. The van der Waals surface area contributed by atoms with Crippen molar-refractivity contribution in [3.8, 4) is 0 Å². The molecule has 0 saturated carbocycles. The van der Waals surface area contributed by atoms with E-state index < -0.39 is 17.3 Å². The average Bonchev–Trinajstić information content (AvgIpc) is 3.33. The minimum absolute atomic E-state index is 0.0464. The van der Waals surface area contributed by atoms with E-state index in [0.29, 0.717) is 11.6 Å². The molecule has 2 aromatic rings. The zero-order valence-electron chi connectivity index (χ0n) is 15.9. The molecule has 3 rings (SSSR count). The lowest BCUT2D eigenvalue weighted by Crippen LogP contribution is -2.53. The zero-order chi connectivity index (χ0) is 19.5. The number of rotatable bonds is 7. The molecule has 1 saturated heterocycles. The Labute approximate surface area is 164 Å². The molecule has 6 nitrogen and oxygen atoms in total. The van der Waals surface area contributed by atoms with Crippen molar-refractivity contribution >= 4 is 17.7 Å². The van der Waals surface area contributed by atoms with E-state index in [-0.39, 0.29) is 12.6 Å². The van der Waals surface area contributed by atoms with Gasteiger partial charge in [0, 0.05) is 10.4 Å². The molecule has 1 aliphatic rings. The van der Waals surface area contributed by atoms with E-state index in [2.05, 4.69) is 17.0 Å². The Kier molecular flexibility index (Phi) is 6.01. The Morgan fingerprint density at radius 3 is 2.67 bits per heavy atom. The second-order valence-corrected chi connectivity index (χ2v) is 7.89. The van der Waals surface area contributed by atoms with Gasteiger partial charge in [-0.05, 0) is 30.2 Å². The summed E-state index contributed by atoms with van der Waals surface area (Å²) in [5.41, 5.74) is -1.08. The van der Waals surface area contributed by atoms with E-state index >= 15 is 0 Å². The monoisotopic (exact) mass is 391 g/mol. The van der Waals surface area contributed by atoms with Crippen molar-refractivity contribution in [3.63, 3.8) is 0 Å². The summed E-state index contributed by atoms with van der Waals surface area (Å²) >= 11 is 5.96. The third kappa shape index (κ3) is 4.41. The summed E-state index contributed by atoms with van der Waals surface area (Å²) < 4.78 is 13.5. The van der Waals surface area contributed by atoms with Crippen molar-refractivity contribution in [1.82, 2.24) is 14.8 Å². The summed E-state index contributed by atoms with van der Waals surface area (Å²) in [5, 5.41) is 16.5. The number of hydrogen-bond donors (Lipinski definition) is 1. The Hall–Kier alpha value is -1.73. The van der Waals surface area contributed by atoms with Crippen LogP contribution in [0.25, 0.3) is 6.08 Å². The van der Waals surface area contributed by atoms with Crippen LogP contribution >= 0.6 is 11.6 Å². The molecule has 1 fully saturated rings. The Morgan fingerprint density at radius 1 is 1.33 bits per heavy atom. The summed E-state index contributed by atoms with van der Waals surface area (Å²) in [6, 6.07) is 7.44. The van der Waals surface area contributed by atoms with E-state index in [1.54, 1.807) is 17.1 Å². The van der Waals surface area contributed by atoms with Crippen molar-refractivity contribution in [1.29, 1.82) is 0 Å². The van der Waals surface area contributed by atoms with Gasteiger partial charge in [-0.2, -0.15) is 5.10 Å². The molecule has 0 bridgehead atoms. The van der Waals surface area contributed by atoms with Gasteiger partial charge in [0.05, 0.1) is 19.3 Å². The number of aliphatic hydroxyl groups is 1. The number of nitrogens with zero attached hydrogens (tertiary/aromatic N) is 3. The standard InChI is InChI=1S/C20H26ClN3O3/c1-4-17-11-26-18(27-17)19(2,3)20(25,12-24-14-22-13-23-24)10-9-15-5-7-16(21)8-6-15/h5-10,13-14,17-18,25H,4,11-12H2,1-3H3/b10-9+. The first-order valence-electron chi connectivity index (χ1n) is 9.11. The third-order valence-electron chi connectivity index (χ3n) is 5.20. The van der Waals surface area contributed by atoms with Gasteiger partial charge in [-0.15, -0.1) is 0 Å². The van der Waals surface area contributed by atoms with Gasteiger partial charge in [0.1, 0.15) is 18.3 Å². The maximum absolute atomic E-state index is 11.7. The van der Waals surface area contributed by atoms with Crippen LogP contribution in [0.4, 0.5) is 0 Å². The van der Waals surface area contributed by atoms with Crippen LogP contribution in [0.3, 0.4) is 0 Å². The second kappa shape index (κ2) is 8.10. The van der Waals surface area contributed by atoms with Gasteiger partial charge in [0.15, 0.2) is 6.29 Å². The van der Waals surface area contributed by atoms with Crippen molar-refractivity contribution in [2.45, 2.75) is 51.7 Å². The predicted molar refractivity (Wildman–Crippen MR) is 104 cm³/mol. The molecule has 0 radical (unpaired) electrons. The molecule has 3 atom stereocenters. The minimum Gasteiger partial charge on any atom is -0.383 e. The van der Waals surface area contributed by atoms with Crippen LogP contribution in [-0.2, 0) is 16.0 Å². The first-order valence-corrected chi connectivity index (χ1v) is 9.48. The molecule has 1 aliphatic heterocycles. The maximum Gasteiger partial charge on any atom is 0.166 e. The fraction of sp³-hybridized carbons (Fsp3) is 0.500. The summed E-state index contributed by atoms with van der Waals surface area (Å²) in [4.78, 5) is 3.98. The largest absolute Gasteiger partial charge is 0.383 e. The molecular weight excluding hydrogens is 366 g/mol. The Bertz CT molecular complexity index is 761. The van der Waals surface area contributed by atoms with Crippen molar-refractivity contribution < 1.29 is 14.6 Å². The highest BCUT2D eigenvalue weighted by molar-refractivity contribution is 6.30. The van der Waals surface area contributed by atoms with Crippen LogP contribution in [0.1, 0.15) is 32.8 Å². The molecule has 7 heteroatoms. The molecule has 3 unspecified atom stereocenters. The highest BCUT2D eigenvalue weighted by Gasteiger charge is 2.51. The molecule has 0 amide bonds. The Balaban J connectivity index is 1.90. The summed E-state index contributed by atoms with van der Waals surface area (Å²) in [6.07, 6.45) is 7.09. The van der Waals surface area contributed by atoms with Crippen molar-refractivity contribution in [2.24, 2.45) is 5.41 Å². The van der Waals surface area contributed by atoms with E-state index in [4.69, 9.17) is 21.1 Å². The van der Waals surface area contributed by atoms with Gasteiger partial charge in [-0.1, -0.05) is 50.6 Å². The number of hydrogen-bond acceptors (Lipinski definition) is 5. The van der Waals surface area contributed by atoms with E-state index in [1.165, 1.54) is 6.33 Å². The normalized spacial score (nSPS) is 23.0. The lowest BCUT2D eigenvalue weighted by Gasteiger charge is -2.43. The first kappa shape index (κ1) is 20.0. The lowest BCUT2D eigenvalue weighted by atomic mass is 9.73. The second-order valence-electron chi connectivity index (χ2n) is 7.46. The SMILES string of the molecule is CCC1COC(C(C)(C)C(O)(/C=C/c2ccc(Cl)cc2)Cn2cncn2)O1. The first-order chi connectivity index (χ1) is 12.8. The molecular formula is C20H26ClN3O3. The summed E-state index contributed by atoms with van der Waals surface area (Å²) in [5.74, 6) is 0. The number of benzene rings is 1. The fourth-order valence-electron chi connectivity index (χ4n) is 3.09. The van der Waals surface area contributed by atoms with Gasteiger partial charge in [-0.25, -0.2) is 9.67 Å². The topological polar surface area (TPSA) is 69.4 Å². The van der Waals surface area contributed by atoms with E-state index in [0.717, 1.165) is 12.0 Å². The molecule has 2 heterocycles. The molecule has 1 aromatic carbocycles. The van der Waals surface area contributed by atoms with Crippen LogP contribution < -0.4 is 0 Å². The lowest BCUT2D eigenvalue weighted by molar-refractivity contribution is -0.195. The molecule has 1 aromatic heterocycles.